The molecule has 1 atom stereocenters. The number of thiophene rings is 1. The first kappa shape index (κ1) is 31.1. The Morgan fingerprint density at radius 3 is 2.42 bits per heavy atom. The molecule has 0 fully saturated rings. The molecule has 0 aliphatic carbocycles. The number of amides is 1. The van der Waals surface area contributed by atoms with E-state index in [1.807, 2.05) is 0 Å². The van der Waals surface area contributed by atoms with E-state index in [1.165, 1.54) is 18.2 Å². The van der Waals surface area contributed by atoms with Crippen molar-refractivity contribution in [3.8, 4) is 11.8 Å². The SMILES string of the molecule is N/C=N\N(N)CC(O)(c1ccc(F)cc1F)C(F)(F)c1ccc(C#Cc2ccc(C(=O)NCc3ccc(F)cc3)s2)cn1. The number of hydrazone groups is 1. The highest BCUT2D eigenvalue weighted by Crippen LogP contribution is 2.46. The predicted octanol–water partition coefficient (Wildman–Crippen LogP) is 3.95. The van der Waals surface area contributed by atoms with Crippen LogP contribution in [0, 0.1) is 29.3 Å². The van der Waals surface area contributed by atoms with Gasteiger partial charge in [-0.25, -0.2) is 24.1 Å². The van der Waals surface area contributed by atoms with Crippen molar-refractivity contribution in [1.82, 2.24) is 15.4 Å². The normalized spacial score (nSPS) is 12.8. The molecule has 8 nitrogen and oxygen atoms in total. The van der Waals surface area contributed by atoms with Gasteiger partial charge in [0.1, 0.15) is 29.5 Å². The molecule has 14 heteroatoms. The van der Waals surface area contributed by atoms with Crippen molar-refractivity contribution in [1.29, 1.82) is 0 Å². The highest BCUT2D eigenvalue weighted by Gasteiger charge is 2.58. The summed E-state index contributed by atoms with van der Waals surface area (Å²) in [6, 6.07) is 12.7. The van der Waals surface area contributed by atoms with E-state index < -0.39 is 41.0 Å². The second kappa shape index (κ2) is 13.0. The molecule has 2 aromatic heterocycles. The summed E-state index contributed by atoms with van der Waals surface area (Å²) >= 11 is 1.10. The number of aromatic nitrogens is 1. The lowest BCUT2D eigenvalue weighted by atomic mass is 9.84. The molecular weight excluding hydrogens is 591 g/mol. The second-order valence-electron chi connectivity index (χ2n) is 9.08. The van der Waals surface area contributed by atoms with E-state index in [4.69, 9.17) is 11.6 Å². The van der Waals surface area contributed by atoms with Crippen LogP contribution in [0.25, 0.3) is 0 Å². The largest absolute Gasteiger partial charge is 0.388 e. The number of pyridine rings is 1. The van der Waals surface area contributed by atoms with Gasteiger partial charge >= 0.3 is 5.92 Å². The number of hydrogen-bond acceptors (Lipinski definition) is 7. The van der Waals surface area contributed by atoms with Crippen LogP contribution in [0.2, 0.25) is 0 Å². The van der Waals surface area contributed by atoms with E-state index in [0.29, 0.717) is 39.4 Å². The van der Waals surface area contributed by atoms with Gasteiger partial charge < -0.3 is 16.2 Å². The van der Waals surface area contributed by atoms with Crippen molar-refractivity contribution in [2.24, 2.45) is 16.7 Å². The van der Waals surface area contributed by atoms with E-state index in [-0.39, 0.29) is 23.8 Å². The summed E-state index contributed by atoms with van der Waals surface area (Å²) in [5.74, 6) is 3.64. The van der Waals surface area contributed by atoms with Gasteiger partial charge in [0.15, 0.2) is 5.60 Å². The minimum Gasteiger partial charge on any atom is -0.388 e. The van der Waals surface area contributed by atoms with Crippen molar-refractivity contribution < 1.29 is 31.9 Å². The fourth-order valence-electron chi connectivity index (χ4n) is 3.94. The summed E-state index contributed by atoms with van der Waals surface area (Å²) in [6.45, 7) is -0.940. The summed E-state index contributed by atoms with van der Waals surface area (Å²) in [6.07, 6.45) is 1.71. The van der Waals surface area contributed by atoms with Gasteiger partial charge in [-0.1, -0.05) is 24.0 Å². The zero-order valence-corrected chi connectivity index (χ0v) is 22.9. The number of carbonyl (C=O) groups excluding carboxylic acids is 1. The first-order chi connectivity index (χ1) is 20.4. The summed E-state index contributed by atoms with van der Waals surface area (Å²) in [7, 11) is 0. The Morgan fingerprint density at radius 1 is 1.05 bits per heavy atom. The molecule has 1 unspecified atom stereocenters. The number of nitrogens with two attached hydrogens (primary N) is 2. The number of hydrogen-bond donors (Lipinski definition) is 4. The smallest absolute Gasteiger partial charge is 0.323 e. The summed E-state index contributed by atoms with van der Waals surface area (Å²) in [4.78, 5) is 17.0. The molecule has 6 N–H and O–H groups in total. The summed E-state index contributed by atoms with van der Waals surface area (Å²) < 4.78 is 72.7. The van der Waals surface area contributed by atoms with Crippen molar-refractivity contribution in [3.63, 3.8) is 0 Å². The Bertz CT molecular complexity index is 1690. The fourth-order valence-corrected chi connectivity index (χ4v) is 4.71. The third kappa shape index (κ3) is 7.15. The van der Waals surface area contributed by atoms with E-state index in [9.17, 15) is 23.1 Å². The number of alkyl halides is 2. The van der Waals surface area contributed by atoms with Gasteiger partial charge in [0, 0.05) is 29.9 Å². The molecule has 4 rings (SSSR count). The van der Waals surface area contributed by atoms with Crippen LogP contribution in [0.5, 0.6) is 0 Å². The standard InChI is InChI=1S/C29H23F5N6O2S/c30-20-5-1-18(2-6-20)15-38-27(41)25-11-9-22(43-25)8-3-19-4-12-26(37-14-19)29(33,34)28(42,16-40(36)39-17-35)23-10-7-21(31)13-24(23)32/h1-2,4-7,9-14,17,42H,15-16,36H2,(H2,35,39)(H,38,41). The maximum atomic E-state index is 15.8. The van der Waals surface area contributed by atoms with Crippen molar-refractivity contribution in [3.05, 3.63) is 123 Å². The van der Waals surface area contributed by atoms with Crippen LogP contribution in [0.3, 0.4) is 0 Å². The molecule has 0 aliphatic heterocycles. The van der Waals surface area contributed by atoms with E-state index in [2.05, 4.69) is 27.2 Å². The Balaban J connectivity index is 1.51. The first-order valence-corrected chi connectivity index (χ1v) is 13.2. The molecule has 4 aromatic rings. The number of nitrogens with zero attached hydrogens (tertiary/aromatic N) is 3. The van der Waals surface area contributed by atoms with Crippen LogP contribution in [0.4, 0.5) is 22.0 Å². The van der Waals surface area contributed by atoms with E-state index >= 15 is 8.78 Å². The average molecular weight is 615 g/mol. The molecular formula is C29H23F5N6O2S. The lowest BCUT2D eigenvalue weighted by molar-refractivity contribution is -0.208. The van der Waals surface area contributed by atoms with Crippen LogP contribution in [0.1, 0.15) is 36.9 Å². The molecule has 2 aromatic carbocycles. The van der Waals surface area contributed by atoms with Gasteiger partial charge in [0.05, 0.1) is 16.3 Å². The van der Waals surface area contributed by atoms with Crippen LogP contribution >= 0.6 is 11.3 Å². The van der Waals surface area contributed by atoms with Gasteiger partial charge in [0.2, 0.25) is 0 Å². The topological polar surface area (TPSA) is 130 Å². The number of hydrazine groups is 1. The zero-order chi connectivity index (χ0) is 31.2. The van der Waals surface area contributed by atoms with Crippen LogP contribution in [-0.2, 0) is 18.1 Å². The summed E-state index contributed by atoms with van der Waals surface area (Å²) in [5, 5.41) is 17.7. The quantitative estimate of drug-likeness (QED) is 0.0565. The minimum atomic E-state index is -4.26. The molecule has 222 valence electrons. The molecule has 0 saturated carbocycles. The molecule has 0 bridgehead atoms. The van der Waals surface area contributed by atoms with Gasteiger partial charge in [-0.3, -0.25) is 9.78 Å². The number of nitrogens with one attached hydrogen (secondary N) is 1. The van der Waals surface area contributed by atoms with Crippen molar-refractivity contribution in [2.45, 2.75) is 18.1 Å². The molecule has 2 heterocycles. The van der Waals surface area contributed by atoms with Crippen LogP contribution in [0.15, 0.2) is 78.0 Å². The number of rotatable bonds is 9. The Morgan fingerprint density at radius 2 is 1.77 bits per heavy atom. The average Bonchev–Trinajstić information content (AvgIpc) is 3.45. The highest BCUT2D eigenvalue weighted by atomic mass is 32.1. The maximum absolute atomic E-state index is 15.8. The third-order valence-corrected chi connectivity index (χ3v) is 7.11. The summed E-state index contributed by atoms with van der Waals surface area (Å²) in [5.41, 5.74) is 0.836. The molecule has 43 heavy (non-hydrogen) atoms. The van der Waals surface area contributed by atoms with E-state index in [0.717, 1.165) is 29.2 Å². The molecule has 1 amide bonds. The number of benzene rings is 2. The lowest BCUT2D eigenvalue weighted by Crippen LogP contribution is -2.53. The van der Waals surface area contributed by atoms with Gasteiger partial charge in [-0.05, 0) is 54.1 Å². The predicted molar refractivity (Wildman–Crippen MR) is 150 cm³/mol. The van der Waals surface area contributed by atoms with Crippen molar-refractivity contribution in [2.75, 3.05) is 6.54 Å². The van der Waals surface area contributed by atoms with Crippen LogP contribution < -0.4 is 16.9 Å². The molecule has 0 aliphatic rings. The Labute approximate surface area is 246 Å². The fraction of sp³-hybridized carbons (Fsp3) is 0.138. The van der Waals surface area contributed by atoms with Gasteiger partial charge in [-0.15, -0.1) is 11.3 Å². The maximum Gasteiger partial charge on any atom is 0.323 e. The second-order valence-corrected chi connectivity index (χ2v) is 10.2. The third-order valence-electron chi connectivity index (χ3n) is 6.11. The number of aliphatic hydroxyl groups is 1. The van der Waals surface area contributed by atoms with Gasteiger partial charge in [-0.2, -0.15) is 13.9 Å². The minimum absolute atomic E-state index is 0.202. The van der Waals surface area contributed by atoms with E-state index in [1.54, 1.807) is 24.3 Å². The number of carbonyl (C=O) groups is 1. The molecule has 0 radical (unpaired) electrons. The molecule has 0 spiro atoms. The highest BCUT2D eigenvalue weighted by molar-refractivity contribution is 7.14. The van der Waals surface area contributed by atoms with Crippen molar-refractivity contribution >= 4 is 23.6 Å². The first-order valence-electron chi connectivity index (χ1n) is 12.4. The lowest BCUT2D eigenvalue weighted by Gasteiger charge is -2.37. The zero-order valence-electron chi connectivity index (χ0n) is 22.1. The van der Waals surface area contributed by atoms with Crippen LogP contribution in [-0.4, -0.2) is 34.0 Å². The Hall–Kier alpha value is -4.84. The van der Waals surface area contributed by atoms with Gasteiger partial charge in [0.25, 0.3) is 5.91 Å². The molecule has 0 saturated heterocycles. The monoisotopic (exact) mass is 614 g/mol. The Kier molecular flexibility index (Phi) is 9.40. The number of halogens is 5.